The Morgan fingerprint density at radius 1 is 1.19 bits per heavy atom. The van der Waals surface area contributed by atoms with E-state index in [1.165, 1.54) is 4.90 Å². The highest BCUT2D eigenvalue weighted by molar-refractivity contribution is 6.06. The number of rotatable bonds is 8. The van der Waals surface area contributed by atoms with E-state index in [1.807, 2.05) is 0 Å². The SMILES string of the molecule is CN1C(=O)N(C[C@H](C(=O)NO)[C@@H](CC2CCCC2)C2(ON)CCCCC2)C(=O)C1(C)C. The number of carbonyl (C=O) groups is 3. The Morgan fingerprint density at radius 3 is 2.29 bits per heavy atom. The van der Waals surface area contributed by atoms with Crippen molar-refractivity contribution in [2.75, 3.05) is 13.6 Å². The number of imide groups is 1. The van der Waals surface area contributed by atoms with E-state index < -0.39 is 29.0 Å². The zero-order valence-electron chi connectivity index (χ0n) is 19.1. The molecule has 0 spiro atoms. The molecule has 3 fully saturated rings. The van der Waals surface area contributed by atoms with Gasteiger partial charge < -0.3 is 4.90 Å². The van der Waals surface area contributed by atoms with Gasteiger partial charge in [-0.25, -0.2) is 16.2 Å². The molecule has 9 heteroatoms. The number of nitrogens with one attached hydrogen (secondary N) is 1. The Kier molecular flexibility index (Phi) is 7.28. The summed E-state index contributed by atoms with van der Waals surface area (Å²) in [5, 5.41) is 9.56. The predicted molar refractivity (Wildman–Crippen MR) is 114 cm³/mol. The fourth-order valence-electron chi connectivity index (χ4n) is 5.89. The first-order valence-electron chi connectivity index (χ1n) is 11.6. The van der Waals surface area contributed by atoms with E-state index in [-0.39, 0.29) is 18.4 Å². The quantitative estimate of drug-likeness (QED) is 0.304. The lowest BCUT2D eigenvalue weighted by molar-refractivity contribution is -0.157. The zero-order chi connectivity index (χ0) is 22.8. The Bertz CT molecular complexity index is 685. The van der Waals surface area contributed by atoms with E-state index in [4.69, 9.17) is 10.7 Å². The van der Waals surface area contributed by atoms with Crippen molar-refractivity contribution in [1.29, 1.82) is 0 Å². The Balaban J connectivity index is 1.95. The van der Waals surface area contributed by atoms with E-state index >= 15 is 0 Å². The van der Waals surface area contributed by atoms with Gasteiger partial charge in [-0.3, -0.25) is 24.5 Å². The summed E-state index contributed by atoms with van der Waals surface area (Å²) in [7, 11) is 1.59. The summed E-state index contributed by atoms with van der Waals surface area (Å²) in [4.78, 5) is 47.0. The van der Waals surface area contributed by atoms with Crippen LogP contribution in [0.4, 0.5) is 4.79 Å². The molecular weight excluding hydrogens is 400 g/mol. The van der Waals surface area contributed by atoms with Crippen molar-refractivity contribution in [2.45, 2.75) is 89.2 Å². The number of hydroxylamine groups is 1. The molecule has 4 amide bonds. The lowest BCUT2D eigenvalue weighted by Gasteiger charge is -2.45. The minimum absolute atomic E-state index is 0.0969. The first kappa shape index (κ1) is 23.9. The third kappa shape index (κ3) is 4.45. The van der Waals surface area contributed by atoms with Crippen LogP contribution in [-0.2, 0) is 14.4 Å². The molecule has 0 aromatic heterocycles. The lowest BCUT2D eigenvalue weighted by Crippen LogP contribution is -2.54. The van der Waals surface area contributed by atoms with Gasteiger partial charge in [0.1, 0.15) is 5.54 Å². The van der Waals surface area contributed by atoms with Gasteiger partial charge >= 0.3 is 6.03 Å². The fourth-order valence-corrected chi connectivity index (χ4v) is 5.89. The van der Waals surface area contributed by atoms with Crippen LogP contribution in [0.2, 0.25) is 0 Å². The van der Waals surface area contributed by atoms with Gasteiger partial charge in [0.05, 0.1) is 11.5 Å². The monoisotopic (exact) mass is 438 g/mol. The van der Waals surface area contributed by atoms with E-state index in [1.54, 1.807) is 26.4 Å². The average molecular weight is 439 g/mol. The highest BCUT2D eigenvalue weighted by Gasteiger charge is 2.53. The molecule has 3 aliphatic rings. The summed E-state index contributed by atoms with van der Waals surface area (Å²) in [5.74, 6) is 4.26. The number of amides is 4. The van der Waals surface area contributed by atoms with Gasteiger partial charge in [0.15, 0.2) is 0 Å². The molecule has 0 aromatic rings. The molecule has 0 bridgehead atoms. The predicted octanol–water partition coefficient (Wildman–Crippen LogP) is 2.57. The van der Waals surface area contributed by atoms with Crippen LogP contribution < -0.4 is 11.4 Å². The minimum Gasteiger partial charge on any atom is -0.313 e. The number of nitrogens with two attached hydrogens (primary N) is 1. The first-order chi connectivity index (χ1) is 14.7. The van der Waals surface area contributed by atoms with Gasteiger partial charge in [0.25, 0.3) is 5.91 Å². The second-order valence-corrected chi connectivity index (χ2v) is 10.1. The minimum atomic E-state index is -0.981. The van der Waals surface area contributed by atoms with E-state index in [0.717, 1.165) is 69.1 Å². The van der Waals surface area contributed by atoms with Gasteiger partial charge in [-0.1, -0.05) is 44.9 Å². The van der Waals surface area contributed by atoms with Crippen molar-refractivity contribution in [3.05, 3.63) is 0 Å². The van der Waals surface area contributed by atoms with Crippen LogP contribution in [0.15, 0.2) is 0 Å². The van der Waals surface area contributed by atoms with Crippen molar-refractivity contribution in [1.82, 2.24) is 15.3 Å². The van der Waals surface area contributed by atoms with Gasteiger partial charge in [-0.15, -0.1) is 0 Å². The van der Waals surface area contributed by atoms with Crippen LogP contribution >= 0.6 is 0 Å². The molecule has 3 rings (SSSR count). The smallest absolute Gasteiger partial charge is 0.313 e. The van der Waals surface area contributed by atoms with Crippen LogP contribution in [0.5, 0.6) is 0 Å². The highest BCUT2D eigenvalue weighted by Crippen LogP contribution is 2.46. The Hall–Kier alpha value is -1.71. The topological polar surface area (TPSA) is 125 Å². The van der Waals surface area contributed by atoms with Crippen LogP contribution in [0.3, 0.4) is 0 Å². The second-order valence-electron chi connectivity index (χ2n) is 10.1. The molecule has 1 saturated heterocycles. The molecule has 31 heavy (non-hydrogen) atoms. The zero-order valence-corrected chi connectivity index (χ0v) is 19.1. The van der Waals surface area contributed by atoms with Crippen molar-refractivity contribution < 1.29 is 24.4 Å². The standard InChI is InChI=1S/C22H38N4O5/c1-21(2)19(28)26(20(29)25(21)3)14-16(18(27)24-30)17(13-15-9-5-6-10-15)22(31-23)11-7-4-8-12-22/h15-17,30H,4-14,23H2,1-3H3,(H,24,27)/t16-,17+/m0/s1. The van der Waals surface area contributed by atoms with E-state index in [2.05, 4.69) is 0 Å². The van der Waals surface area contributed by atoms with Gasteiger partial charge in [-0.2, -0.15) is 0 Å². The molecule has 4 N–H and O–H groups in total. The summed E-state index contributed by atoms with van der Waals surface area (Å²) >= 11 is 0. The molecule has 1 aliphatic heterocycles. The van der Waals surface area contributed by atoms with Crippen molar-refractivity contribution in [3.8, 4) is 0 Å². The maximum Gasteiger partial charge on any atom is 0.327 e. The molecule has 0 unspecified atom stereocenters. The highest BCUT2D eigenvalue weighted by atomic mass is 16.6. The van der Waals surface area contributed by atoms with E-state index in [0.29, 0.717) is 5.92 Å². The molecular formula is C22H38N4O5. The molecule has 2 saturated carbocycles. The largest absolute Gasteiger partial charge is 0.327 e. The number of hydrogen-bond donors (Lipinski definition) is 3. The summed E-state index contributed by atoms with van der Waals surface area (Å²) in [6.07, 6.45) is 9.65. The fraction of sp³-hybridized carbons (Fsp3) is 0.864. The first-order valence-corrected chi connectivity index (χ1v) is 11.6. The molecule has 2 atom stereocenters. The van der Waals surface area contributed by atoms with Gasteiger partial charge in [0, 0.05) is 19.5 Å². The van der Waals surface area contributed by atoms with Crippen LogP contribution in [0.1, 0.15) is 78.1 Å². The number of carbonyl (C=O) groups excluding carboxylic acids is 3. The third-order valence-electron chi connectivity index (χ3n) is 8.11. The number of urea groups is 1. The maximum atomic E-state index is 13.0. The lowest BCUT2D eigenvalue weighted by atomic mass is 9.66. The summed E-state index contributed by atoms with van der Waals surface area (Å²) in [5.41, 5.74) is 0.104. The number of nitrogens with zero attached hydrogens (tertiary/aromatic N) is 2. The normalized spacial score (nSPS) is 25.7. The Morgan fingerprint density at radius 2 is 1.81 bits per heavy atom. The molecule has 1 heterocycles. The molecule has 9 nitrogen and oxygen atoms in total. The van der Waals surface area contributed by atoms with Crippen molar-refractivity contribution >= 4 is 17.8 Å². The van der Waals surface area contributed by atoms with Crippen LogP contribution in [0.25, 0.3) is 0 Å². The molecule has 2 aliphatic carbocycles. The number of likely N-dealkylation sites (N-methyl/N-ethyl adjacent to an activating group) is 1. The van der Waals surface area contributed by atoms with E-state index in [9.17, 15) is 19.6 Å². The van der Waals surface area contributed by atoms with Gasteiger partial charge in [0.2, 0.25) is 5.91 Å². The van der Waals surface area contributed by atoms with Crippen molar-refractivity contribution in [2.24, 2.45) is 23.7 Å². The van der Waals surface area contributed by atoms with Crippen LogP contribution in [0, 0.1) is 17.8 Å². The molecule has 176 valence electrons. The second kappa shape index (κ2) is 9.42. The van der Waals surface area contributed by atoms with Gasteiger partial charge in [-0.05, 0) is 39.0 Å². The summed E-state index contributed by atoms with van der Waals surface area (Å²) in [6.45, 7) is 3.28. The number of hydrogen-bond acceptors (Lipinski definition) is 6. The summed E-state index contributed by atoms with van der Waals surface area (Å²) in [6, 6.07) is -0.434. The Labute approximate surface area is 184 Å². The molecule has 0 radical (unpaired) electrons. The summed E-state index contributed by atoms with van der Waals surface area (Å²) < 4.78 is 0. The third-order valence-corrected chi connectivity index (χ3v) is 8.11. The van der Waals surface area contributed by atoms with Crippen molar-refractivity contribution in [3.63, 3.8) is 0 Å². The molecule has 0 aromatic carbocycles. The average Bonchev–Trinajstić information content (AvgIpc) is 3.34. The maximum absolute atomic E-state index is 13.0. The van der Waals surface area contributed by atoms with Crippen LogP contribution in [-0.4, -0.2) is 57.6 Å².